The Bertz CT molecular complexity index is 365. The van der Waals surface area contributed by atoms with Gasteiger partial charge in [-0.25, -0.2) is 4.79 Å². The van der Waals surface area contributed by atoms with Gasteiger partial charge in [0.1, 0.15) is 5.56 Å². The van der Waals surface area contributed by atoms with Crippen molar-refractivity contribution in [2.75, 3.05) is 0 Å². The maximum absolute atomic E-state index is 11.0. The quantitative estimate of drug-likeness (QED) is 0.828. The van der Waals surface area contributed by atoms with E-state index < -0.39 is 5.97 Å². The molecular formula is C11H16N2O2. The Kier molecular flexibility index (Phi) is 2.75. The zero-order valence-corrected chi connectivity index (χ0v) is 8.94. The van der Waals surface area contributed by atoms with Gasteiger partial charge in [-0.2, -0.15) is 5.10 Å². The average Bonchev–Trinajstić information content (AvgIpc) is 2.85. The predicted molar refractivity (Wildman–Crippen MR) is 56.1 cm³/mol. The van der Waals surface area contributed by atoms with E-state index in [9.17, 15) is 4.79 Å². The monoisotopic (exact) mass is 208 g/mol. The fraction of sp³-hybridized carbons (Fsp3) is 0.636. The van der Waals surface area contributed by atoms with Crippen LogP contribution in [-0.2, 0) is 6.42 Å². The zero-order chi connectivity index (χ0) is 10.8. The first kappa shape index (κ1) is 10.2. The third kappa shape index (κ3) is 1.76. The molecule has 1 saturated carbocycles. The second-order valence-electron chi connectivity index (χ2n) is 4.05. The third-order valence-electron chi connectivity index (χ3n) is 3.13. The molecule has 0 aliphatic heterocycles. The molecule has 1 aliphatic rings. The number of carboxylic acid groups (broad SMARTS) is 1. The second kappa shape index (κ2) is 4.04. The van der Waals surface area contributed by atoms with Crippen molar-refractivity contribution < 1.29 is 9.90 Å². The highest BCUT2D eigenvalue weighted by Gasteiger charge is 2.23. The van der Waals surface area contributed by atoms with E-state index in [2.05, 4.69) is 5.10 Å². The van der Waals surface area contributed by atoms with Gasteiger partial charge in [-0.05, 0) is 19.3 Å². The lowest BCUT2D eigenvalue weighted by molar-refractivity contribution is 0.0695. The van der Waals surface area contributed by atoms with Crippen LogP contribution in [0.5, 0.6) is 0 Å². The van der Waals surface area contributed by atoms with Gasteiger partial charge in [-0.1, -0.05) is 19.8 Å². The number of hydrogen-bond donors (Lipinski definition) is 1. The lowest BCUT2D eigenvalue weighted by atomic mass is 10.2. The Labute approximate surface area is 88.9 Å². The van der Waals surface area contributed by atoms with Crippen molar-refractivity contribution in [3.63, 3.8) is 0 Å². The Morgan fingerprint density at radius 2 is 2.27 bits per heavy atom. The van der Waals surface area contributed by atoms with Gasteiger partial charge in [0.25, 0.3) is 0 Å². The van der Waals surface area contributed by atoms with Crippen molar-refractivity contribution >= 4 is 5.97 Å². The summed E-state index contributed by atoms with van der Waals surface area (Å²) >= 11 is 0. The first-order chi connectivity index (χ1) is 7.24. The van der Waals surface area contributed by atoms with Gasteiger partial charge in [0.05, 0.1) is 17.9 Å². The van der Waals surface area contributed by atoms with Gasteiger partial charge < -0.3 is 5.11 Å². The minimum Gasteiger partial charge on any atom is -0.478 e. The molecule has 0 bridgehead atoms. The van der Waals surface area contributed by atoms with Gasteiger partial charge in [0, 0.05) is 0 Å². The van der Waals surface area contributed by atoms with E-state index in [1.165, 1.54) is 19.0 Å². The van der Waals surface area contributed by atoms with Crippen LogP contribution in [0.2, 0.25) is 0 Å². The Balaban J connectivity index is 2.34. The zero-order valence-electron chi connectivity index (χ0n) is 8.94. The molecule has 15 heavy (non-hydrogen) atoms. The molecule has 1 fully saturated rings. The highest BCUT2D eigenvalue weighted by Crippen LogP contribution is 2.30. The average molecular weight is 208 g/mol. The second-order valence-corrected chi connectivity index (χ2v) is 4.05. The molecule has 0 spiro atoms. The maximum Gasteiger partial charge on any atom is 0.339 e. The van der Waals surface area contributed by atoms with Crippen LogP contribution in [-0.4, -0.2) is 20.9 Å². The molecule has 1 aromatic rings. The van der Waals surface area contributed by atoms with Gasteiger partial charge in [0.15, 0.2) is 0 Å². The molecule has 2 rings (SSSR count). The summed E-state index contributed by atoms with van der Waals surface area (Å²) in [4.78, 5) is 11.0. The number of aromatic nitrogens is 2. The van der Waals surface area contributed by atoms with Crippen molar-refractivity contribution in [1.82, 2.24) is 9.78 Å². The summed E-state index contributed by atoms with van der Waals surface area (Å²) in [5.74, 6) is -0.865. The molecule has 0 amide bonds. The predicted octanol–water partition coefficient (Wildman–Crippen LogP) is 2.26. The fourth-order valence-electron chi connectivity index (χ4n) is 2.38. The van der Waals surface area contributed by atoms with Crippen molar-refractivity contribution in [1.29, 1.82) is 0 Å². The van der Waals surface area contributed by atoms with Gasteiger partial charge in [-0.3, -0.25) is 4.68 Å². The Morgan fingerprint density at radius 3 is 2.80 bits per heavy atom. The molecular weight excluding hydrogens is 192 g/mol. The minimum atomic E-state index is -0.865. The number of carbonyl (C=O) groups is 1. The smallest absolute Gasteiger partial charge is 0.339 e. The highest BCUT2D eigenvalue weighted by atomic mass is 16.4. The molecule has 0 saturated heterocycles. The molecule has 1 heterocycles. The van der Waals surface area contributed by atoms with Crippen LogP contribution in [0.3, 0.4) is 0 Å². The number of rotatable bonds is 3. The number of hydrogen-bond acceptors (Lipinski definition) is 2. The summed E-state index contributed by atoms with van der Waals surface area (Å²) in [6.45, 7) is 1.98. The van der Waals surface area contributed by atoms with E-state index in [0.717, 1.165) is 25.0 Å². The van der Waals surface area contributed by atoms with Crippen LogP contribution in [0.4, 0.5) is 0 Å². The largest absolute Gasteiger partial charge is 0.478 e. The first-order valence-corrected chi connectivity index (χ1v) is 5.53. The molecule has 0 radical (unpaired) electrons. The Hall–Kier alpha value is -1.32. The number of aromatic carboxylic acids is 1. The fourth-order valence-corrected chi connectivity index (χ4v) is 2.38. The van der Waals surface area contributed by atoms with Crippen molar-refractivity contribution in [2.24, 2.45) is 0 Å². The van der Waals surface area contributed by atoms with Crippen LogP contribution in [0.15, 0.2) is 6.20 Å². The van der Waals surface area contributed by atoms with Crippen LogP contribution in [0.25, 0.3) is 0 Å². The molecule has 4 heteroatoms. The summed E-state index contributed by atoms with van der Waals surface area (Å²) in [7, 11) is 0. The number of nitrogens with zero attached hydrogens (tertiary/aromatic N) is 2. The first-order valence-electron chi connectivity index (χ1n) is 5.53. The SMILES string of the molecule is CCc1c(C(=O)O)cnn1C1CCCC1. The lowest BCUT2D eigenvalue weighted by Gasteiger charge is -2.13. The van der Waals surface area contributed by atoms with Crippen LogP contribution >= 0.6 is 0 Å². The van der Waals surface area contributed by atoms with Gasteiger partial charge >= 0.3 is 5.97 Å². The minimum absolute atomic E-state index is 0.365. The molecule has 82 valence electrons. The molecule has 1 aromatic heterocycles. The third-order valence-corrected chi connectivity index (χ3v) is 3.13. The van der Waals surface area contributed by atoms with E-state index in [1.54, 1.807) is 0 Å². The van der Waals surface area contributed by atoms with Gasteiger partial charge in [0.2, 0.25) is 0 Å². The summed E-state index contributed by atoms with van der Waals surface area (Å²) in [5, 5.41) is 13.2. The topological polar surface area (TPSA) is 55.1 Å². The summed E-state index contributed by atoms with van der Waals surface area (Å²) < 4.78 is 1.93. The molecule has 0 unspecified atom stereocenters. The van der Waals surface area contributed by atoms with Crippen LogP contribution in [0, 0.1) is 0 Å². The lowest BCUT2D eigenvalue weighted by Crippen LogP contribution is -2.11. The Morgan fingerprint density at radius 1 is 1.60 bits per heavy atom. The summed E-state index contributed by atoms with van der Waals surface area (Å²) in [6, 6.07) is 0.424. The van der Waals surface area contributed by atoms with E-state index in [0.29, 0.717) is 11.6 Å². The van der Waals surface area contributed by atoms with E-state index in [4.69, 9.17) is 5.11 Å². The van der Waals surface area contributed by atoms with E-state index >= 15 is 0 Å². The maximum atomic E-state index is 11.0. The normalized spacial score (nSPS) is 17.1. The highest BCUT2D eigenvalue weighted by molar-refractivity contribution is 5.88. The van der Waals surface area contributed by atoms with Crippen molar-refractivity contribution in [2.45, 2.75) is 45.1 Å². The standard InChI is InChI=1S/C11H16N2O2/c1-2-10-9(11(14)15)7-12-13(10)8-5-3-4-6-8/h7-8H,2-6H2,1H3,(H,14,15). The summed E-state index contributed by atoms with van der Waals surface area (Å²) in [5.41, 5.74) is 1.24. The molecule has 0 aromatic carbocycles. The molecule has 4 nitrogen and oxygen atoms in total. The van der Waals surface area contributed by atoms with Crippen molar-refractivity contribution in [3.05, 3.63) is 17.5 Å². The molecule has 1 aliphatic carbocycles. The van der Waals surface area contributed by atoms with E-state index in [1.807, 2.05) is 11.6 Å². The number of carboxylic acids is 1. The summed E-state index contributed by atoms with van der Waals surface area (Å²) in [6.07, 6.45) is 6.95. The molecule has 1 N–H and O–H groups in total. The van der Waals surface area contributed by atoms with Gasteiger partial charge in [-0.15, -0.1) is 0 Å². The van der Waals surface area contributed by atoms with Crippen LogP contribution in [0.1, 0.15) is 54.7 Å². The molecule has 0 atom stereocenters. The van der Waals surface area contributed by atoms with Crippen molar-refractivity contribution in [3.8, 4) is 0 Å². The van der Waals surface area contributed by atoms with Crippen LogP contribution < -0.4 is 0 Å². The van der Waals surface area contributed by atoms with E-state index in [-0.39, 0.29) is 0 Å².